The molecule has 3 heterocycles. The molecule has 0 unspecified atom stereocenters. The van der Waals surface area contributed by atoms with Gasteiger partial charge in [0, 0.05) is 31.9 Å². The second-order valence-electron chi connectivity index (χ2n) is 8.21. The fourth-order valence-corrected chi connectivity index (χ4v) is 5.16. The molecule has 1 saturated heterocycles. The molecule has 164 valence electrons. The predicted molar refractivity (Wildman–Crippen MR) is 116 cm³/mol. The summed E-state index contributed by atoms with van der Waals surface area (Å²) in [6.07, 6.45) is 0. The highest BCUT2D eigenvalue weighted by molar-refractivity contribution is 7.89. The van der Waals surface area contributed by atoms with E-state index in [2.05, 4.69) is 10.1 Å². The van der Waals surface area contributed by atoms with Crippen molar-refractivity contribution >= 4 is 27.0 Å². The van der Waals surface area contributed by atoms with E-state index in [0.29, 0.717) is 35.4 Å². The van der Waals surface area contributed by atoms with Crippen molar-refractivity contribution in [1.29, 1.82) is 0 Å². The summed E-state index contributed by atoms with van der Waals surface area (Å²) >= 11 is 0. The summed E-state index contributed by atoms with van der Waals surface area (Å²) in [6, 6.07) is 8.62. The van der Waals surface area contributed by atoms with Crippen LogP contribution in [0.25, 0.3) is 11.1 Å². The summed E-state index contributed by atoms with van der Waals surface area (Å²) in [5.41, 5.74) is 3.23. The van der Waals surface area contributed by atoms with Gasteiger partial charge in [-0.25, -0.2) is 13.4 Å². The number of fused-ring (bicyclic) bond motifs is 1. The molecular formula is C22H26N4O4S. The number of pyridine rings is 1. The molecule has 9 heteroatoms. The van der Waals surface area contributed by atoms with Gasteiger partial charge < -0.3 is 9.42 Å². The molecule has 31 heavy (non-hydrogen) atoms. The Kier molecular flexibility index (Phi) is 5.57. The lowest BCUT2D eigenvalue weighted by molar-refractivity contribution is 0.0699. The van der Waals surface area contributed by atoms with Crippen LogP contribution in [0.3, 0.4) is 0 Å². The minimum Gasteiger partial charge on any atom is -0.336 e. The number of hydrogen-bond donors (Lipinski definition) is 0. The van der Waals surface area contributed by atoms with Gasteiger partial charge in [0.2, 0.25) is 10.0 Å². The molecule has 2 aromatic heterocycles. The van der Waals surface area contributed by atoms with Crippen LogP contribution < -0.4 is 0 Å². The zero-order valence-corrected chi connectivity index (χ0v) is 18.9. The highest BCUT2D eigenvalue weighted by Crippen LogP contribution is 2.27. The molecule has 1 aromatic carbocycles. The number of nitrogens with zero attached hydrogens (tertiary/aromatic N) is 4. The molecule has 8 nitrogen and oxygen atoms in total. The summed E-state index contributed by atoms with van der Waals surface area (Å²) in [5.74, 6) is -0.0363. The van der Waals surface area contributed by atoms with Gasteiger partial charge in [-0.15, -0.1) is 0 Å². The monoisotopic (exact) mass is 442 g/mol. The Labute approximate surface area is 181 Å². The molecule has 1 aliphatic heterocycles. The van der Waals surface area contributed by atoms with E-state index in [9.17, 15) is 13.2 Å². The SMILES string of the molecule is Cc1ccc(S(=O)(=O)N2CCN(C(=O)c3cc(C(C)C)nc4onc(C)c34)CC2)cc1. The first-order valence-electron chi connectivity index (χ1n) is 10.3. The fraction of sp³-hybridized carbons (Fsp3) is 0.409. The Morgan fingerprint density at radius 3 is 2.32 bits per heavy atom. The molecule has 1 fully saturated rings. The maximum Gasteiger partial charge on any atom is 0.259 e. The Balaban J connectivity index is 1.56. The maximum atomic E-state index is 13.4. The van der Waals surface area contributed by atoms with Crippen LogP contribution >= 0.6 is 0 Å². The van der Waals surface area contributed by atoms with Crippen LogP contribution in [-0.4, -0.2) is 59.8 Å². The van der Waals surface area contributed by atoms with Crippen LogP contribution in [0.15, 0.2) is 39.8 Å². The number of hydrogen-bond acceptors (Lipinski definition) is 6. The van der Waals surface area contributed by atoms with E-state index in [-0.39, 0.29) is 29.8 Å². The first-order valence-corrected chi connectivity index (χ1v) is 11.8. The highest BCUT2D eigenvalue weighted by atomic mass is 32.2. The topological polar surface area (TPSA) is 96.6 Å². The number of sulfonamides is 1. The van der Waals surface area contributed by atoms with Crippen molar-refractivity contribution in [2.45, 2.75) is 38.5 Å². The fourth-order valence-electron chi connectivity index (χ4n) is 3.74. The molecule has 0 radical (unpaired) electrons. The Bertz CT molecular complexity index is 1220. The summed E-state index contributed by atoms with van der Waals surface area (Å²) in [7, 11) is -3.58. The number of piperazine rings is 1. The molecule has 0 aliphatic carbocycles. The minimum absolute atomic E-state index is 0.123. The van der Waals surface area contributed by atoms with Gasteiger partial charge in [0.15, 0.2) is 0 Å². The molecule has 0 bridgehead atoms. The molecule has 3 aromatic rings. The normalized spacial score (nSPS) is 15.7. The van der Waals surface area contributed by atoms with Crippen LogP contribution in [0.1, 0.15) is 47.1 Å². The van der Waals surface area contributed by atoms with Crippen LogP contribution in [0, 0.1) is 13.8 Å². The van der Waals surface area contributed by atoms with E-state index in [4.69, 9.17) is 4.52 Å². The van der Waals surface area contributed by atoms with Crippen molar-refractivity contribution in [3.05, 3.63) is 52.8 Å². The van der Waals surface area contributed by atoms with Gasteiger partial charge >= 0.3 is 0 Å². The van der Waals surface area contributed by atoms with Crippen molar-refractivity contribution in [1.82, 2.24) is 19.3 Å². The summed E-state index contributed by atoms with van der Waals surface area (Å²) in [6.45, 7) is 8.82. The van der Waals surface area contributed by atoms with Crippen molar-refractivity contribution in [2.75, 3.05) is 26.2 Å². The number of benzene rings is 1. The van der Waals surface area contributed by atoms with E-state index >= 15 is 0 Å². The molecule has 0 saturated carbocycles. The van der Waals surface area contributed by atoms with Crippen molar-refractivity contribution in [3.8, 4) is 0 Å². The number of carbonyl (C=O) groups is 1. The third-order valence-corrected chi connectivity index (χ3v) is 7.56. The number of amides is 1. The predicted octanol–water partition coefficient (Wildman–Crippen LogP) is 3.11. The zero-order chi connectivity index (χ0) is 22.3. The van der Waals surface area contributed by atoms with E-state index in [0.717, 1.165) is 11.3 Å². The van der Waals surface area contributed by atoms with E-state index < -0.39 is 10.0 Å². The smallest absolute Gasteiger partial charge is 0.259 e. The first kappa shape index (κ1) is 21.5. The van der Waals surface area contributed by atoms with Gasteiger partial charge in [-0.2, -0.15) is 4.31 Å². The van der Waals surface area contributed by atoms with Gasteiger partial charge in [0.25, 0.3) is 11.6 Å². The number of aryl methyl sites for hydroxylation is 2. The largest absolute Gasteiger partial charge is 0.336 e. The lowest BCUT2D eigenvalue weighted by atomic mass is 10.0. The van der Waals surface area contributed by atoms with Crippen LogP contribution in [0.2, 0.25) is 0 Å². The van der Waals surface area contributed by atoms with E-state index in [1.807, 2.05) is 20.8 Å². The molecule has 1 aliphatic rings. The van der Waals surface area contributed by atoms with Crippen LogP contribution in [0.5, 0.6) is 0 Å². The van der Waals surface area contributed by atoms with Gasteiger partial charge in [-0.05, 0) is 38.0 Å². The van der Waals surface area contributed by atoms with Crippen molar-refractivity contribution in [2.24, 2.45) is 0 Å². The van der Waals surface area contributed by atoms with Crippen LogP contribution in [-0.2, 0) is 10.0 Å². The molecule has 1 amide bonds. The number of rotatable bonds is 4. The summed E-state index contributed by atoms with van der Waals surface area (Å²) in [5, 5.41) is 4.59. The van der Waals surface area contributed by atoms with E-state index in [1.54, 1.807) is 42.2 Å². The lowest BCUT2D eigenvalue weighted by Crippen LogP contribution is -2.50. The molecule has 4 rings (SSSR count). The third kappa shape index (κ3) is 3.95. The Morgan fingerprint density at radius 2 is 1.71 bits per heavy atom. The quantitative estimate of drug-likeness (QED) is 0.616. The van der Waals surface area contributed by atoms with Crippen molar-refractivity contribution < 1.29 is 17.7 Å². The molecule has 0 atom stereocenters. The molecule has 0 spiro atoms. The van der Waals surface area contributed by atoms with Gasteiger partial charge in [0.05, 0.1) is 21.5 Å². The standard InChI is InChI=1S/C22H26N4O4S/c1-14(2)19-13-18(20-16(4)24-30-21(20)23-19)22(27)25-9-11-26(12-10-25)31(28,29)17-7-5-15(3)6-8-17/h5-8,13-14H,9-12H2,1-4H3. The molecular weight excluding hydrogens is 416 g/mol. The summed E-state index contributed by atoms with van der Waals surface area (Å²) < 4.78 is 32.6. The van der Waals surface area contributed by atoms with Crippen molar-refractivity contribution in [3.63, 3.8) is 0 Å². The zero-order valence-electron chi connectivity index (χ0n) is 18.1. The first-order chi connectivity index (χ1) is 14.7. The highest BCUT2D eigenvalue weighted by Gasteiger charge is 2.31. The lowest BCUT2D eigenvalue weighted by Gasteiger charge is -2.34. The van der Waals surface area contributed by atoms with E-state index in [1.165, 1.54) is 4.31 Å². The van der Waals surface area contributed by atoms with Crippen LogP contribution in [0.4, 0.5) is 0 Å². The summed E-state index contributed by atoms with van der Waals surface area (Å²) in [4.78, 5) is 19.8. The Morgan fingerprint density at radius 1 is 1.06 bits per heavy atom. The number of aromatic nitrogens is 2. The van der Waals surface area contributed by atoms with Gasteiger partial charge in [-0.1, -0.05) is 36.7 Å². The molecule has 0 N–H and O–H groups in total. The average molecular weight is 443 g/mol. The maximum absolute atomic E-state index is 13.4. The second kappa shape index (κ2) is 8.05. The van der Waals surface area contributed by atoms with Gasteiger partial charge in [-0.3, -0.25) is 4.79 Å². The van der Waals surface area contributed by atoms with Gasteiger partial charge in [0.1, 0.15) is 0 Å². The average Bonchev–Trinajstić information content (AvgIpc) is 3.14. The number of carbonyl (C=O) groups excluding carboxylic acids is 1. The minimum atomic E-state index is -3.58. The second-order valence-corrected chi connectivity index (χ2v) is 10.1. The Hall–Kier alpha value is -2.78. The third-order valence-electron chi connectivity index (χ3n) is 5.64.